The van der Waals surface area contributed by atoms with E-state index in [-0.39, 0.29) is 5.91 Å². The van der Waals surface area contributed by atoms with Gasteiger partial charge < -0.3 is 10.1 Å². The van der Waals surface area contributed by atoms with Crippen molar-refractivity contribution >= 4 is 33.4 Å². The summed E-state index contributed by atoms with van der Waals surface area (Å²) < 4.78 is 5.65. The maximum Gasteiger partial charge on any atom is 0.252 e. The van der Waals surface area contributed by atoms with Crippen molar-refractivity contribution in [3.8, 4) is 0 Å². The summed E-state index contributed by atoms with van der Waals surface area (Å²) >= 11 is 9.28. The lowest BCUT2D eigenvalue weighted by Crippen LogP contribution is -2.25. The maximum atomic E-state index is 11.8. The van der Waals surface area contributed by atoms with Crippen LogP contribution in [0.5, 0.6) is 0 Å². The van der Waals surface area contributed by atoms with Gasteiger partial charge in [-0.1, -0.05) is 24.2 Å². The molecule has 0 aliphatic carbocycles. The third kappa shape index (κ3) is 4.40. The monoisotopic (exact) mass is 317 g/mol. The molecule has 0 aliphatic rings. The van der Waals surface area contributed by atoms with Crippen LogP contribution in [0.3, 0.4) is 0 Å². The Balaban J connectivity index is 2.47. The molecule has 0 spiro atoms. The molecule has 5 heteroatoms. The van der Waals surface area contributed by atoms with E-state index < -0.39 is 0 Å². The Kier molecular flexibility index (Phi) is 6.08. The van der Waals surface area contributed by atoms with Crippen molar-refractivity contribution in [2.24, 2.45) is 0 Å². The van der Waals surface area contributed by atoms with Gasteiger partial charge in [-0.3, -0.25) is 4.79 Å². The molecule has 3 nitrogen and oxygen atoms in total. The molecule has 0 unspecified atom stereocenters. The molecular weight excluding hydrogens is 305 g/mol. The molecule has 0 atom stereocenters. The van der Waals surface area contributed by atoms with Crippen LogP contribution in [0.25, 0.3) is 0 Å². The smallest absolute Gasteiger partial charge is 0.252 e. The molecule has 0 bridgehead atoms. The van der Waals surface area contributed by atoms with Crippen molar-refractivity contribution in [3.63, 3.8) is 0 Å². The molecule has 0 aromatic heterocycles. The van der Waals surface area contributed by atoms with E-state index in [1.807, 2.05) is 0 Å². The first-order valence-corrected chi connectivity index (χ1v) is 6.28. The summed E-state index contributed by atoms with van der Waals surface area (Å²) in [5, 5.41) is 3.19. The van der Waals surface area contributed by atoms with Gasteiger partial charge in [-0.05, 0) is 34.5 Å². The highest BCUT2D eigenvalue weighted by atomic mass is 79.9. The largest absolute Gasteiger partial charge is 0.502 e. The van der Waals surface area contributed by atoms with Crippen molar-refractivity contribution in [1.82, 2.24) is 5.32 Å². The van der Waals surface area contributed by atoms with Gasteiger partial charge >= 0.3 is 0 Å². The molecule has 1 N–H and O–H groups in total. The number of carbonyl (C=O) groups is 1. The summed E-state index contributed by atoms with van der Waals surface area (Å²) in [6, 6.07) is 5.24. The van der Waals surface area contributed by atoms with E-state index in [0.29, 0.717) is 28.2 Å². The lowest BCUT2D eigenvalue weighted by Gasteiger charge is -2.07. The third-order valence-electron chi connectivity index (χ3n) is 2.04. The van der Waals surface area contributed by atoms with Crippen LogP contribution in [0.4, 0.5) is 0 Å². The Morgan fingerprint density at radius 2 is 2.35 bits per heavy atom. The number of halogens is 2. The molecular formula is C12H13BrClNO2. The van der Waals surface area contributed by atoms with Crippen molar-refractivity contribution in [2.75, 3.05) is 13.2 Å². The van der Waals surface area contributed by atoms with E-state index in [1.54, 1.807) is 18.2 Å². The lowest BCUT2D eigenvalue weighted by atomic mass is 10.2. The standard InChI is InChI=1S/C12H13BrClNO2/c1-2-17-8-4-7-15-12(16)9-5-3-6-10(13)11(9)14/h2-3,5-6H,1,4,7-8H2,(H,15,16). The second kappa shape index (κ2) is 7.35. The van der Waals surface area contributed by atoms with Crippen LogP contribution in [-0.4, -0.2) is 19.1 Å². The lowest BCUT2D eigenvalue weighted by molar-refractivity contribution is 0.0950. The first kappa shape index (κ1) is 14.1. The quantitative estimate of drug-likeness (QED) is 0.645. The van der Waals surface area contributed by atoms with Gasteiger partial charge in [0.25, 0.3) is 5.91 Å². The van der Waals surface area contributed by atoms with Crippen LogP contribution in [0, 0.1) is 0 Å². The van der Waals surface area contributed by atoms with Gasteiger partial charge in [0.2, 0.25) is 0 Å². The maximum absolute atomic E-state index is 11.8. The fourth-order valence-electron chi connectivity index (χ4n) is 1.22. The molecule has 1 aromatic carbocycles. The van der Waals surface area contributed by atoms with Crippen LogP contribution in [0.2, 0.25) is 5.02 Å². The fraction of sp³-hybridized carbons (Fsp3) is 0.250. The minimum absolute atomic E-state index is 0.185. The third-order valence-corrected chi connectivity index (χ3v) is 3.33. The van der Waals surface area contributed by atoms with Gasteiger partial charge in [-0.2, -0.15) is 0 Å². The Morgan fingerprint density at radius 1 is 1.59 bits per heavy atom. The topological polar surface area (TPSA) is 38.3 Å². The van der Waals surface area contributed by atoms with Crippen LogP contribution in [-0.2, 0) is 4.74 Å². The molecule has 1 rings (SSSR count). The zero-order valence-corrected chi connectivity index (χ0v) is 11.6. The molecule has 0 fully saturated rings. The normalized spacial score (nSPS) is 9.76. The Morgan fingerprint density at radius 3 is 3.06 bits per heavy atom. The summed E-state index contributed by atoms with van der Waals surface area (Å²) in [6.07, 6.45) is 2.11. The highest BCUT2D eigenvalue weighted by molar-refractivity contribution is 9.10. The molecule has 0 aliphatic heterocycles. The Labute approximate surface area is 114 Å². The van der Waals surface area contributed by atoms with E-state index >= 15 is 0 Å². The zero-order valence-electron chi connectivity index (χ0n) is 9.21. The minimum atomic E-state index is -0.185. The summed E-state index contributed by atoms with van der Waals surface area (Å²) in [6.45, 7) is 4.51. The van der Waals surface area contributed by atoms with Crippen molar-refractivity contribution < 1.29 is 9.53 Å². The average molecular weight is 319 g/mol. The number of hydrogen-bond acceptors (Lipinski definition) is 2. The average Bonchev–Trinajstić information content (AvgIpc) is 2.32. The predicted octanol–water partition coefficient (Wildman–Crippen LogP) is 3.38. The first-order valence-electron chi connectivity index (χ1n) is 5.11. The van der Waals surface area contributed by atoms with E-state index in [9.17, 15) is 4.79 Å². The van der Waals surface area contributed by atoms with E-state index in [0.717, 1.165) is 6.42 Å². The molecule has 0 heterocycles. The van der Waals surface area contributed by atoms with Crippen molar-refractivity contribution in [2.45, 2.75) is 6.42 Å². The van der Waals surface area contributed by atoms with Crippen LogP contribution in [0.15, 0.2) is 35.5 Å². The molecule has 0 saturated heterocycles. The van der Waals surface area contributed by atoms with E-state index in [4.69, 9.17) is 16.3 Å². The highest BCUT2D eigenvalue weighted by Crippen LogP contribution is 2.25. The van der Waals surface area contributed by atoms with Crippen LogP contribution >= 0.6 is 27.5 Å². The zero-order chi connectivity index (χ0) is 12.7. The number of amides is 1. The molecule has 0 radical (unpaired) electrons. The fourth-order valence-corrected chi connectivity index (χ4v) is 1.79. The molecule has 17 heavy (non-hydrogen) atoms. The molecule has 1 amide bonds. The second-order valence-corrected chi connectivity index (χ2v) is 4.48. The minimum Gasteiger partial charge on any atom is -0.502 e. The first-order chi connectivity index (χ1) is 8.16. The van der Waals surface area contributed by atoms with Gasteiger partial charge in [0, 0.05) is 11.0 Å². The van der Waals surface area contributed by atoms with Crippen LogP contribution in [0.1, 0.15) is 16.8 Å². The Bertz CT molecular complexity index is 409. The van der Waals surface area contributed by atoms with Gasteiger partial charge in [-0.25, -0.2) is 0 Å². The summed E-state index contributed by atoms with van der Waals surface area (Å²) in [4.78, 5) is 11.8. The SMILES string of the molecule is C=COCCCNC(=O)c1cccc(Br)c1Cl. The molecule has 1 aromatic rings. The number of nitrogens with one attached hydrogen (secondary N) is 1. The van der Waals surface area contributed by atoms with Crippen molar-refractivity contribution in [1.29, 1.82) is 0 Å². The van der Waals surface area contributed by atoms with E-state index in [2.05, 4.69) is 27.8 Å². The number of hydrogen-bond donors (Lipinski definition) is 1. The van der Waals surface area contributed by atoms with E-state index in [1.165, 1.54) is 6.26 Å². The molecule has 92 valence electrons. The van der Waals surface area contributed by atoms with Gasteiger partial charge in [-0.15, -0.1) is 0 Å². The van der Waals surface area contributed by atoms with Gasteiger partial charge in [0.1, 0.15) is 0 Å². The number of rotatable bonds is 6. The predicted molar refractivity (Wildman–Crippen MR) is 72.3 cm³/mol. The van der Waals surface area contributed by atoms with Crippen LogP contribution < -0.4 is 5.32 Å². The number of ether oxygens (including phenoxy) is 1. The summed E-state index contributed by atoms with van der Waals surface area (Å²) in [5.74, 6) is -0.185. The van der Waals surface area contributed by atoms with Crippen molar-refractivity contribution in [3.05, 3.63) is 46.1 Å². The van der Waals surface area contributed by atoms with Gasteiger partial charge in [0.05, 0.1) is 23.5 Å². The second-order valence-electron chi connectivity index (χ2n) is 3.25. The summed E-state index contributed by atoms with van der Waals surface area (Å²) in [5.41, 5.74) is 0.464. The number of carbonyl (C=O) groups excluding carboxylic acids is 1. The Hall–Kier alpha value is -1.000. The molecule has 0 saturated carbocycles. The highest BCUT2D eigenvalue weighted by Gasteiger charge is 2.11. The summed E-state index contributed by atoms with van der Waals surface area (Å²) in [7, 11) is 0. The number of benzene rings is 1. The van der Waals surface area contributed by atoms with Gasteiger partial charge in [0.15, 0.2) is 0 Å².